The minimum absolute atomic E-state index is 0.0156. The molecule has 0 bridgehead atoms. The highest BCUT2D eigenvalue weighted by atomic mass is 79.9. The third-order valence-corrected chi connectivity index (χ3v) is 2.78. The molecule has 0 aliphatic heterocycles. The standard InChI is InChI=1S/C12H8BrClO2/c13-9-4-8(5-10(14)6-9)12(15)7-11-2-1-3-16-11/h1-6H,7H2. The van der Waals surface area contributed by atoms with E-state index < -0.39 is 0 Å². The van der Waals surface area contributed by atoms with Gasteiger partial charge in [-0.2, -0.15) is 0 Å². The molecule has 2 nitrogen and oxygen atoms in total. The van der Waals surface area contributed by atoms with Crippen LogP contribution in [0.4, 0.5) is 0 Å². The summed E-state index contributed by atoms with van der Waals surface area (Å²) < 4.78 is 5.91. The molecule has 0 fully saturated rings. The maximum absolute atomic E-state index is 11.9. The number of carbonyl (C=O) groups is 1. The van der Waals surface area contributed by atoms with Crippen molar-refractivity contribution in [2.45, 2.75) is 6.42 Å². The van der Waals surface area contributed by atoms with Gasteiger partial charge in [0, 0.05) is 15.1 Å². The van der Waals surface area contributed by atoms with Gasteiger partial charge >= 0.3 is 0 Å². The molecule has 1 aromatic heterocycles. The molecule has 0 amide bonds. The lowest BCUT2D eigenvalue weighted by Crippen LogP contribution is -2.02. The van der Waals surface area contributed by atoms with Crippen LogP contribution in [0.15, 0.2) is 45.5 Å². The first-order valence-electron chi connectivity index (χ1n) is 4.67. The molecule has 0 unspecified atom stereocenters. The predicted octanol–water partition coefficient (Wildman–Crippen LogP) is 4.12. The van der Waals surface area contributed by atoms with E-state index in [0.29, 0.717) is 16.3 Å². The van der Waals surface area contributed by atoms with E-state index in [1.54, 1.807) is 36.6 Å². The normalized spacial score (nSPS) is 10.4. The van der Waals surface area contributed by atoms with Gasteiger partial charge < -0.3 is 4.42 Å². The maximum atomic E-state index is 11.9. The van der Waals surface area contributed by atoms with Crippen LogP contribution in [-0.4, -0.2) is 5.78 Å². The highest BCUT2D eigenvalue weighted by Gasteiger charge is 2.10. The summed E-state index contributed by atoms with van der Waals surface area (Å²) in [5.41, 5.74) is 0.579. The van der Waals surface area contributed by atoms with Crippen LogP contribution in [-0.2, 0) is 6.42 Å². The van der Waals surface area contributed by atoms with Crippen molar-refractivity contribution >= 4 is 33.3 Å². The Morgan fingerprint density at radius 2 is 2.19 bits per heavy atom. The summed E-state index contributed by atoms with van der Waals surface area (Å²) in [5, 5.41) is 0.539. The average Bonchev–Trinajstić information content (AvgIpc) is 2.68. The number of hydrogen-bond donors (Lipinski definition) is 0. The van der Waals surface area contributed by atoms with Gasteiger partial charge in [0.1, 0.15) is 5.76 Å². The number of rotatable bonds is 3. The van der Waals surface area contributed by atoms with Gasteiger partial charge in [0.25, 0.3) is 0 Å². The summed E-state index contributed by atoms with van der Waals surface area (Å²) in [6.07, 6.45) is 1.80. The Balaban J connectivity index is 2.21. The van der Waals surface area contributed by atoms with Gasteiger partial charge in [0.2, 0.25) is 0 Å². The molecule has 0 saturated carbocycles. The smallest absolute Gasteiger partial charge is 0.170 e. The maximum Gasteiger partial charge on any atom is 0.170 e. The Bertz CT molecular complexity index is 485. The first kappa shape index (κ1) is 11.4. The lowest BCUT2D eigenvalue weighted by molar-refractivity contribution is 0.0987. The fourth-order valence-corrected chi connectivity index (χ4v) is 2.25. The van der Waals surface area contributed by atoms with Gasteiger partial charge in [-0.1, -0.05) is 27.5 Å². The summed E-state index contributed by atoms with van der Waals surface area (Å²) in [4.78, 5) is 11.9. The van der Waals surface area contributed by atoms with Crippen molar-refractivity contribution in [1.29, 1.82) is 0 Å². The number of ketones is 1. The molecule has 1 heterocycles. The second kappa shape index (κ2) is 4.85. The van der Waals surface area contributed by atoms with Crippen molar-refractivity contribution in [3.05, 3.63) is 57.4 Å². The zero-order valence-electron chi connectivity index (χ0n) is 8.24. The molecule has 0 radical (unpaired) electrons. The van der Waals surface area contributed by atoms with Crippen LogP contribution in [0.5, 0.6) is 0 Å². The molecule has 0 atom stereocenters. The van der Waals surface area contributed by atoms with E-state index in [9.17, 15) is 4.79 Å². The number of benzene rings is 1. The van der Waals surface area contributed by atoms with Crippen molar-refractivity contribution in [1.82, 2.24) is 0 Å². The molecule has 2 rings (SSSR count). The van der Waals surface area contributed by atoms with Gasteiger partial charge in [-0.05, 0) is 30.3 Å². The zero-order chi connectivity index (χ0) is 11.5. The SMILES string of the molecule is O=C(Cc1ccco1)c1cc(Cl)cc(Br)c1. The third-order valence-electron chi connectivity index (χ3n) is 2.10. The Hall–Kier alpha value is -1.06. The van der Waals surface area contributed by atoms with Gasteiger partial charge in [-0.3, -0.25) is 4.79 Å². The van der Waals surface area contributed by atoms with Crippen LogP contribution in [0.3, 0.4) is 0 Å². The van der Waals surface area contributed by atoms with Gasteiger partial charge in [-0.25, -0.2) is 0 Å². The second-order valence-corrected chi connectivity index (χ2v) is 4.69. The molecular formula is C12H8BrClO2. The summed E-state index contributed by atoms with van der Waals surface area (Å²) in [7, 11) is 0. The molecule has 82 valence electrons. The minimum Gasteiger partial charge on any atom is -0.469 e. The van der Waals surface area contributed by atoms with E-state index in [1.807, 2.05) is 0 Å². The molecule has 1 aromatic carbocycles. The number of hydrogen-bond acceptors (Lipinski definition) is 2. The van der Waals surface area contributed by atoms with Crippen molar-refractivity contribution in [2.75, 3.05) is 0 Å². The molecular weight excluding hydrogens is 291 g/mol. The average molecular weight is 300 g/mol. The van der Waals surface area contributed by atoms with Crippen molar-refractivity contribution in [3.63, 3.8) is 0 Å². The molecule has 2 aromatic rings. The fourth-order valence-electron chi connectivity index (χ4n) is 1.39. The summed E-state index contributed by atoms with van der Waals surface area (Å²) >= 11 is 9.17. The first-order valence-corrected chi connectivity index (χ1v) is 5.84. The largest absolute Gasteiger partial charge is 0.469 e. The first-order chi connectivity index (χ1) is 7.65. The molecule has 0 aliphatic rings. The predicted molar refractivity (Wildman–Crippen MR) is 65.9 cm³/mol. The van der Waals surface area contributed by atoms with Crippen LogP contribution in [0, 0.1) is 0 Å². The Kier molecular flexibility index (Phi) is 3.46. The summed E-state index contributed by atoms with van der Waals surface area (Å²) in [5.74, 6) is 0.638. The fraction of sp³-hybridized carbons (Fsp3) is 0.0833. The Morgan fingerprint density at radius 1 is 1.38 bits per heavy atom. The third kappa shape index (κ3) is 2.74. The van der Waals surface area contributed by atoms with E-state index in [2.05, 4.69) is 15.9 Å². The van der Waals surface area contributed by atoms with Crippen LogP contribution >= 0.6 is 27.5 Å². The number of halogens is 2. The van der Waals surface area contributed by atoms with E-state index >= 15 is 0 Å². The van der Waals surface area contributed by atoms with Crippen molar-refractivity contribution in [2.24, 2.45) is 0 Å². The van der Waals surface area contributed by atoms with Gasteiger partial charge in [0.05, 0.1) is 12.7 Å². The highest BCUT2D eigenvalue weighted by molar-refractivity contribution is 9.10. The monoisotopic (exact) mass is 298 g/mol. The Morgan fingerprint density at radius 3 is 2.81 bits per heavy atom. The molecule has 0 aliphatic carbocycles. The number of Topliss-reactive ketones (excluding diaryl/α,β-unsaturated/α-hetero) is 1. The topological polar surface area (TPSA) is 30.2 Å². The van der Waals surface area contributed by atoms with Crippen LogP contribution in [0.1, 0.15) is 16.1 Å². The molecule has 0 spiro atoms. The lowest BCUT2D eigenvalue weighted by Gasteiger charge is -2.01. The zero-order valence-corrected chi connectivity index (χ0v) is 10.6. The molecule has 16 heavy (non-hydrogen) atoms. The van der Waals surface area contributed by atoms with Gasteiger partial charge in [-0.15, -0.1) is 0 Å². The number of carbonyl (C=O) groups excluding carboxylic acids is 1. The summed E-state index contributed by atoms with van der Waals surface area (Å²) in [6, 6.07) is 8.67. The van der Waals surface area contributed by atoms with Crippen LogP contribution in [0.2, 0.25) is 5.02 Å². The lowest BCUT2D eigenvalue weighted by atomic mass is 10.1. The summed E-state index contributed by atoms with van der Waals surface area (Å²) in [6.45, 7) is 0. The van der Waals surface area contributed by atoms with E-state index in [0.717, 1.165) is 4.47 Å². The van der Waals surface area contributed by atoms with Crippen molar-refractivity contribution in [3.8, 4) is 0 Å². The van der Waals surface area contributed by atoms with Crippen LogP contribution < -0.4 is 0 Å². The highest BCUT2D eigenvalue weighted by Crippen LogP contribution is 2.20. The minimum atomic E-state index is -0.0156. The van der Waals surface area contributed by atoms with E-state index in [4.69, 9.17) is 16.0 Å². The van der Waals surface area contributed by atoms with Gasteiger partial charge in [0.15, 0.2) is 5.78 Å². The second-order valence-electron chi connectivity index (χ2n) is 3.34. The molecule has 4 heteroatoms. The van der Waals surface area contributed by atoms with E-state index in [-0.39, 0.29) is 12.2 Å². The molecule has 0 N–H and O–H groups in total. The van der Waals surface area contributed by atoms with Crippen molar-refractivity contribution < 1.29 is 9.21 Å². The quantitative estimate of drug-likeness (QED) is 0.798. The molecule has 0 saturated heterocycles. The number of furan rings is 1. The van der Waals surface area contributed by atoms with Crippen LogP contribution in [0.25, 0.3) is 0 Å². The Labute approximate surface area is 106 Å². The van der Waals surface area contributed by atoms with E-state index in [1.165, 1.54) is 0 Å².